The summed E-state index contributed by atoms with van der Waals surface area (Å²) >= 11 is 0. The summed E-state index contributed by atoms with van der Waals surface area (Å²) < 4.78 is 29.9. The Kier molecular flexibility index (Phi) is 3.48. The van der Waals surface area contributed by atoms with Crippen molar-refractivity contribution < 1.29 is 13.7 Å². The van der Waals surface area contributed by atoms with Gasteiger partial charge in [-0.05, 0) is 11.6 Å². The average molecular weight is 263 g/mol. The van der Waals surface area contributed by atoms with E-state index in [1.54, 1.807) is 6.07 Å². The Labute approximate surface area is 118 Å². The molecule has 1 heterocycles. The summed E-state index contributed by atoms with van der Waals surface area (Å²) in [6, 6.07) is 11.3. The lowest BCUT2D eigenvalue weighted by atomic mass is 10.1. The monoisotopic (exact) mass is 263 g/mol. The first-order chi connectivity index (χ1) is 10.4. The summed E-state index contributed by atoms with van der Waals surface area (Å²) in [5.74, 6) is 0. The molecule has 19 heavy (non-hydrogen) atoms. The molecule has 0 aliphatic heterocycles. The van der Waals surface area contributed by atoms with Gasteiger partial charge in [0.15, 0.2) is 0 Å². The third-order valence-electron chi connectivity index (χ3n) is 2.93. The zero-order valence-electron chi connectivity index (χ0n) is 14.3. The number of nitrogens with one attached hydrogen (secondary N) is 1. The molecular weight excluding hydrogens is 238 g/mol. The molecule has 1 aromatic heterocycles. The van der Waals surface area contributed by atoms with Gasteiger partial charge in [-0.25, -0.2) is 0 Å². The summed E-state index contributed by atoms with van der Waals surface area (Å²) in [7, 11) is 4.10. The molecule has 1 unspecified atom stereocenters. The van der Waals surface area contributed by atoms with E-state index in [1.807, 2.05) is 44.4 Å². The first-order valence-corrected chi connectivity index (χ1v) is 6.39. The van der Waals surface area contributed by atoms with Gasteiger partial charge in [-0.15, -0.1) is 0 Å². The molecule has 2 rings (SSSR count). The SMILES string of the molecule is [2H]C([2H])([2H])n1nccc1C(OCC[NH+](C)C)c1ccccc1. The van der Waals surface area contributed by atoms with Gasteiger partial charge in [0.25, 0.3) is 0 Å². The molecule has 0 radical (unpaired) electrons. The van der Waals surface area contributed by atoms with Crippen molar-refractivity contribution in [2.45, 2.75) is 6.10 Å². The minimum Gasteiger partial charge on any atom is -0.361 e. The van der Waals surface area contributed by atoms with E-state index in [-0.39, 0.29) is 0 Å². The molecule has 4 nitrogen and oxygen atoms in total. The van der Waals surface area contributed by atoms with Gasteiger partial charge in [0.05, 0.1) is 26.4 Å². The molecule has 102 valence electrons. The van der Waals surface area contributed by atoms with Crippen molar-refractivity contribution in [1.29, 1.82) is 0 Å². The van der Waals surface area contributed by atoms with Crippen molar-refractivity contribution in [3.63, 3.8) is 0 Å². The maximum atomic E-state index is 7.61. The highest BCUT2D eigenvalue weighted by Gasteiger charge is 2.18. The minimum atomic E-state index is -2.32. The normalized spacial score (nSPS) is 15.8. The number of aromatic nitrogens is 2. The molecule has 1 aromatic carbocycles. The molecule has 0 spiro atoms. The summed E-state index contributed by atoms with van der Waals surface area (Å²) in [6.07, 6.45) is 1.06. The van der Waals surface area contributed by atoms with E-state index in [1.165, 1.54) is 11.1 Å². The second-order valence-corrected chi connectivity index (χ2v) is 4.79. The van der Waals surface area contributed by atoms with Gasteiger partial charge in [0.1, 0.15) is 12.6 Å². The second-order valence-electron chi connectivity index (χ2n) is 4.79. The van der Waals surface area contributed by atoms with Gasteiger partial charge in [-0.2, -0.15) is 5.10 Å². The van der Waals surface area contributed by atoms with Crippen LogP contribution in [0.3, 0.4) is 0 Å². The molecule has 4 heteroatoms. The minimum absolute atomic E-state index is 0.441. The van der Waals surface area contributed by atoms with E-state index in [0.717, 1.165) is 16.8 Å². The zero-order chi connectivity index (χ0) is 16.2. The van der Waals surface area contributed by atoms with Gasteiger partial charge < -0.3 is 9.64 Å². The Hall–Kier alpha value is -1.65. The van der Waals surface area contributed by atoms with Gasteiger partial charge >= 0.3 is 0 Å². The number of hydrogen-bond acceptors (Lipinski definition) is 2. The second kappa shape index (κ2) is 6.50. The predicted octanol–water partition coefficient (Wildman–Crippen LogP) is 0.671. The fourth-order valence-corrected chi connectivity index (χ4v) is 1.87. The van der Waals surface area contributed by atoms with E-state index in [4.69, 9.17) is 8.85 Å². The number of rotatable bonds is 6. The van der Waals surface area contributed by atoms with Crippen molar-refractivity contribution in [2.24, 2.45) is 6.98 Å². The van der Waals surface area contributed by atoms with Gasteiger partial charge in [0.2, 0.25) is 0 Å². The Balaban J connectivity index is 2.31. The number of benzene rings is 1. The Bertz CT molecular complexity index is 581. The lowest BCUT2D eigenvalue weighted by Crippen LogP contribution is -3.06. The zero-order valence-corrected chi connectivity index (χ0v) is 11.3. The quantitative estimate of drug-likeness (QED) is 0.830. The van der Waals surface area contributed by atoms with Crippen molar-refractivity contribution in [2.75, 3.05) is 27.2 Å². The molecule has 0 aliphatic rings. The summed E-state index contributed by atoms with van der Waals surface area (Å²) in [5, 5.41) is 3.95. The topological polar surface area (TPSA) is 31.5 Å². The molecule has 2 aromatic rings. The standard InChI is InChI=1S/C15H21N3O/c1-17(2)11-12-19-15(13-7-5-4-6-8-13)14-9-10-16-18(14)3/h4-10,15H,11-12H2,1-3H3/p+1/i3D3. The Morgan fingerprint density at radius 2 is 2.11 bits per heavy atom. The molecule has 0 amide bonds. The van der Waals surface area contributed by atoms with Crippen LogP contribution in [-0.2, 0) is 11.7 Å². The summed E-state index contributed by atoms with van der Waals surface area (Å²) in [4.78, 5) is 1.27. The molecule has 0 bridgehead atoms. The van der Waals surface area contributed by atoms with Crippen molar-refractivity contribution in [3.05, 3.63) is 53.9 Å². The molecule has 0 fully saturated rings. The van der Waals surface area contributed by atoms with Crippen molar-refractivity contribution in [3.8, 4) is 0 Å². The lowest BCUT2D eigenvalue weighted by molar-refractivity contribution is -0.858. The van der Waals surface area contributed by atoms with Crippen LogP contribution in [0.1, 0.15) is 21.5 Å². The van der Waals surface area contributed by atoms with Crippen LogP contribution in [0.15, 0.2) is 42.6 Å². The largest absolute Gasteiger partial charge is 0.361 e. The lowest BCUT2D eigenvalue weighted by Gasteiger charge is -2.19. The highest BCUT2D eigenvalue weighted by Crippen LogP contribution is 2.24. The number of hydrogen-bond donors (Lipinski definition) is 1. The van der Waals surface area contributed by atoms with E-state index in [9.17, 15) is 0 Å². The molecule has 0 saturated heterocycles. The van der Waals surface area contributed by atoms with E-state index < -0.39 is 13.1 Å². The van der Waals surface area contributed by atoms with Crippen LogP contribution in [0.4, 0.5) is 0 Å². The van der Waals surface area contributed by atoms with Crippen LogP contribution in [-0.4, -0.2) is 37.0 Å². The first-order valence-electron chi connectivity index (χ1n) is 7.89. The van der Waals surface area contributed by atoms with Gasteiger partial charge in [-0.3, -0.25) is 4.68 Å². The van der Waals surface area contributed by atoms with Gasteiger partial charge in [-0.1, -0.05) is 30.3 Å². The predicted molar refractivity (Wildman–Crippen MR) is 75.1 cm³/mol. The number of nitrogens with zero attached hydrogens (tertiary/aromatic N) is 2. The third kappa shape index (κ3) is 3.66. The van der Waals surface area contributed by atoms with E-state index >= 15 is 0 Å². The van der Waals surface area contributed by atoms with Crippen LogP contribution < -0.4 is 4.90 Å². The number of likely N-dealkylation sites (N-methyl/N-ethyl adjacent to an activating group) is 1. The van der Waals surface area contributed by atoms with Crippen LogP contribution in [0.2, 0.25) is 0 Å². The number of aryl methyl sites for hydroxylation is 1. The van der Waals surface area contributed by atoms with Crippen molar-refractivity contribution >= 4 is 0 Å². The number of ether oxygens (including phenoxy) is 1. The van der Waals surface area contributed by atoms with Crippen LogP contribution in [0.5, 0.6) is 0 Å². The van der Waals surface area contributed by atoms with Crippen LogP contribution in [0, 0.1) is 0 Å². The van der Waals surface area contributed by atoms with E-state index in [0.29, 0.717) is 12.3 Å². The fraction of sp³-hybridized carbons (Fsp3) is 0.400. The molecule has 0 saturated carbocycles. The first kappa shape index (κ1) is 10.2. The smallest absolute Gasteiger partial charge is 0.124 e. The molecular formula is C15H22N3O+. The Morgan fingerprint density at radius 3 is 2.79 bits per heavy atom. The number of quaternary nitrogens is 1. The van der Waals surface area contributed by atoms with E-state index in [2.05, 4.69) is 5.10 Å². The molecule has 1 atom stereocenters. The maximum Gasteiger partial charge on any atom is 0.124 e. The third-order valence-corrected chi connectivity index (χ3v) is 2.93. The highest BCUT2D eigenvalue weighted by molar-refractivity contribution is 5.25. The molecule has 1 N–H and O–H groups in total. The van der Waals surface area contributed by atoms with Gasteiger partial charge in [0, 0.05) is 17.3 Å². The van der Waals surface area contributed by atoms with Crippen molar-refractivity contribution in [1.82, 2.24) is 9.78 Å². The Morgan fingerprint density at radius 1 is 1.32 bits per heavy atom. The van der Waals surface area contributed by atoms with Crippen LogP contribution in [0.25, 0.3) is 0 Å². The fourth-order valence-electron chi connectivity index (χ4n) is 1.87. The maximum absolute atomic E-state index is 7.61. The summed E-state index contributed by atoms with van der Waals surface area (Å²) in [5.41, 5.74) is 1.46. The average Bonchev–Trinajstić information content (AvgIpc) is 2.93. The highest BCUT2D eigenvalue weighted by atomic mass is 16.5. The van der Waals surface area contributed by atoms with Crippen LogP contribution >= 0.6 is 0 Å². The molecule has 0 aliphatic carbocycles. The summed E-state index contributed by atoms with van der Waals surface area (Å²) in [6.45, 7) is -0.943.